The molecule has 0 bridgehead atoms. The van der Waals surface area contributed by atoms with Gasteiger partial charge in [-0.05, 0) is 24.5 Å². The topological polar surface area (TPSA) is 64.6 Å². The first-order valence-corrected chi connectivity index (χ1v) is 8.09. The Balaban J connectivity index is 2.17. The lowest BCUT2D eigenvalue weighted by Gasteiger charge is -2.38. The summed E-state index contributed by atoms with van der Waals surface area (Å²) in [4.78, 5) is 24.2. The van der Waals surface area contributed by atoms with E-state index in [9.17, 15) is 9.59 Å². The molecule has 1 aliphatic heterocycles. The number of carbonyl (C=O) groups excluding carboxylic acids is 2. The Labute approximate surface area is 137 Å². The summed E-state index contributed by atoms with van der Waals surface area (Å²) in [6, 6.07) is 7.61. The van der Waals surface area contributed by atoms with Crippen LogP contribution in [0.3, 0.4) is 0 Å². The average Bonchev–Trinajstić information content (AvgIpc) is 2.54. The third-order valence-corrected chi connectivity index (χ3v) is 4.23. The first kappa shape index (κ1) is 17.5. The number of esters is 2. The molecule has 5 heteroatoms. The highest BCUT2D eigenvalue weighted by molar-refractivity contribution is 5.81. The molecule has 0 aromatic heterocycles. The number of nitrogens with one attached hydrogen (secondary N) is 1. The summed E-state index contributed by atoms with van der Waals surface area (Å²) >= 11 is 0. The fourth-order valence-corrected chi connectivity index (χ4v) is 3.00. The summed E-state index contributed by atoms with van der Waals surface area (Å²) in [6.07, 6.45) is 2.59. The van der Waals surface area contributed by atoms with Gasteiger partial charge in [0.15, 0.2) is 0 Å². The molecule has 2 unspecified atom stereocenters. The first-order valence-electron chi connectivity index (χ1n) is 8.09. The predicted octanol–water partition coefficient (Wildman–Crippen LogP) is 2.54. The van der Waals surface area contributed by atoms with Gasteiger partial charge in [-0.15, -0.1) is 0 Å². The molecular weight excluding hydrogens is 294 g/mol. The van der Waals surface area contributed by atoms with Crippen molar-refractivity contribution in [2.45, 2.75) is 51.1 Å². The molecule has 5 nitrogen and oxygen atoms in total. The van der Waals surface area contributed by atoms with E-state index in [0.717, 1.165) is 24.0 Å². The number of benzene rings is 1. The maximum Gasteiger partial charge on any atom is 0.326 e. The Bertz CT molecular complexity index is 572. The van der Waals surface area contributed by atoms with Crippen molar-refractivity contribution in [2.24, 2.45) is 0 Å². The number of carbonyl (C=O) groups is 2. The van der Waals surface area contributed by atoms with Gasteiger partial charge in [0.25, 0.3) is 0 Å². The molecule has 1 heterocycles. The Morgan fingerprint density at radius 1 is 1.35 bits per heavy atom. The van der Waals surface area contributed by atoms with E-state index < -0.39 is 5.54 Å². The molecule has 2 atom stereocenters. The number of methoxy groups -OCH3 is 1. The summed E-state index contributed by atoms with van der Waals surface area (Å²) in [5, 5.41) is 3.28. The monoisotopic (exact) mass is 319 g/mol. The van der Waals surface area contributed by atoms with Crippen molar-refractivity contribution < 1.29 is 19.1 Å². The van der Waals surface area contributed by atoms with E-state index >= 15 is 0 Å². The minimum absolute atomic E-state index is 0.202. The number of hydrogen-bond donors (Lipinski definition) is 1. The minimum atomic E-state index is -0.836. The van der Waals surface area contributed by atoms with Crippen LogP contribution in [0.5, 0.6) is 0 Å². The molecule has 0 aliphatic carbocycles. The van der Waals surface area contributed by atoms with E-state index in [4.69, 9.17) is 9.47 Å². The molecule has 0 saturated heterocycles. The van der Waals surface area contributed by atoms with Gasteiger partial charge in [-0.25, -0.2) is 0 Å². The summed E-state index contributed by atoms with van der Waals surface area (Å²) in [6.45, 7) is 4.30. The predicted molar refractivity (Wildman–Crippen MR) is 86.9 cm³/mol. The normalized spacial score (nSPS) is 23.0. The SMILES string of the molecule is CCCCOC(=O)CC1NC(C)(C(=O)OC)Cc2ccccc21. The van der Waals surface area contributed by atoms with Crippen LogP contribution in [0, 0.1) is 0 Å². The van der Waals surface area contributed by atoms with Crippen LogP contribution >= 0.6 is 0 Å². The van der Waals surface area contributed by atoms with E-state index in [2.05, 4.69) is 12.2 Å². The van der Waals surface area contributed by atoms with E-state index in [1.54, 1.807) is 0 Å². The van der Waals surface area contributed by atoms with Crippen molar-refractivity contribution in [1.82, 2.24) is 5.32 Å². The molecule has 126 valence electrons. The van der Waals surface area contributed by atoms with Crippen LogP contribution in [-0.4, -0.2) is 31.2 Å². The van der Waals surface area contributed by atoms with Crippen LogP contribution in [0.1, 0.15) is 50.3 Å². The second kappa shape index (κ2) is 7.59. The highest BCUT2D eigenvalue weighted by Crippen LogP contribution is 2.33. The van der Waals surface area contributed by atoms with E-state index in [-0.39, 0.29) is 24.4 Å². The number of rotatable bonds is 6. The van der Waals surface area contributed by atoms with Gasteiger partial charge < -0.3 is 9.47 Å². The standard InChI is InChI=1S/C18H25NO4/c1-4-5-10-23-16(20)11-15-14-9-7-6-8-13(14)12-18(2,19-15)17(21)22-3/h6-9,15,19H,4-5,10-12H2,1-3H3. The quantitative estimate of drug-likeness (QED) is 0.645. The maximum atomic E-state index is 12.1. The third-order valence-electron chi connectivity index (χ3n) is 4.23. The van der Waals surface area contributed by atoms with Gasteiger partial charge in [0.1, 0.15) is 5.54 Å². The van der Waals surface area contributed by atoms with Crippen LogP contribution in [0.15, 0.2) is 24.3 Å². The van der Waals surface area contributed by atoms with Crippen molar-refractivity contribution in [3.8, 4) is 0 Å². The average molecular weight is 319 g/mol. The Hall–Kier alpha value is -1.88. The Morgan fingerprint density at radius 3 is 2.78 bits per heavy atom. The van der Waals surface area contributed by atoms with E-state index in [0.29, 0.717) is 13.0 Å². The lowest BCUT2D eigenvalue weighted by Crippen LogP contribution is -2.56. The van der Waals surface area contributed by atoms with Gasteiger partial charge in [-0.3, -0.25) is 14.9 Å². The number of hydrogen-bond acceptors (Lipinski definition) is 5. The maximum absolute atomic E-state index is 12.1. The highest BCUT2D eigenvalue weighted by atomic mass is 16.5. The Kier molecular flexibility index (Phi) is 5.77. The molecular formula is C18H25NO4. The van der Waals surface area contributed by atoms with Crippen molar-refractivity contribution >= 4 is 11.9 Å². The molecule has 0 radical (unpaired) electrons. The summed E-state index contributed by atoms with van der Waals surface area (Å²) in [5.74, 6) is -0.573. The van der Waals surface area contributed by atoms with Crippen LogP contribution in [0.4, 0.5) is 0 Å². The van der Waals surface area contributed by atoms with Crippen molar-refractivity contribution in [3.63, 3.8) is 0 Å². The third kappa shape index (κ3) is 4.10. The molecule has 1 N–H and O–H groups in total. The van der Waals surface area contributed by atoms with Crippen LogP contribution in [-0.2, 0) is 25.5 Å². The molecule has 1 aromatic carbocycles. The zero-order chi connectivity index (χ0) is 16.9. The second-order valence-electron chi connectivity index (χ2n) is 6.17. The van der Waals surface area contributed by atoms with E-state index in [1.807, 2.05) is 31.2 Å². The van der Waals surface area contributed by atoms with Crippen LogP contribution in [0.2, 0.25) is 0 Å². The van der Waals surface area contributed by atoms with Gasteiger partial charge in [-0.2, -0.15) is 0 Å². The lowest BCUT2D eigenvalue weighted by atomic mass is 9.81. The molecule has 0 amide bonds. The van der Waals surface area contributed by atoms with Gasteiger partial charge in [0.2, 0.25) is 0 Å². The fraction of sp³-hybridized carbons (Fsp3) is 0.556. The zero-order valence-corrected chi connectivity index (χ0v) is 14.1. The van der Waals surface area contributed by atoms with Crippen molar-refractivity contribution in [1.29, 1.82) is 0 Å². The summed E-state index contributed by atoms with van der Waals surface area (Å²) in [7, 11) is 1.38. The zero-order valence-electron chi connectivity index (χ0n) is 14.1. The molecule has 0 saturated carbocycles. The molecule has 1 aromatic rings. The number of fused-ring (bicyclic) bond motifs is 1. The smallest absolute Gasteiger partial charge is 0.326 e. The first-order chi connectivity index (χ1) is 11.0. The Morgan fingerprint density at radius 2 is 2.09 bits per heavy atom. The van der Waals surface area contributed by atoms with Gasteiger partial charge in [0, 0.05) is 12.5 Å². The minimum Gasteiger partial charge on any atom is -0.468 e. The fourth-order valence-electron chi connectivity index (χ4n) is 3.00. The van der Waals surface area contributed by atoms with Crippen LogP contribution in [0.25, 0.3) is 0 Å². The largest absolute Gasteiger partial charge is 0.468 e. The molecule has 0 fully saturated rings. The van der Waals surface area contributed by atoms with E-state index in [1.165, 1.54) is 7.11 Å². The van der Waals surface area contributed by atoms with Crippen LogP contribution < -0.4 is 5.32 Å². The number of ether oxygens (including phenoxy) is 2. The number of unbranched alkanes of at least 4 members (excludes halogenated alkanes) is 1. The molecule has 2 rings (SSSR count). The highest BCUT2D eigenvalue weighted by Gasteiger charge is 2.42. The molecule has 1 aliphatic rings. The summed E-state index contributed by atoms with van der Waals surface area (Å²) < 4.78 is 10.2. The van der Waals surface area contributed by atoms with Crippen molar-refractivity contribution in [3.05, 3.63) is 35.4 Å². The van der Waals surface area contributed by atoms with Crippen molar-refractivity contribution in [2.75, 3.05) is 13.7 Å². The second-order valence-corrected chi connectivity index (χ2v) is 6.17. The molecule has 0 spiro atoms. The van der Waals surface area contributed by atoms with Gasteiger partial charge in [-0.1, -0.05) is 37.6 Å². The lowest BCUT2D eigenvalue weighted by molar-refractivity contribution is -0.150. The molecule has 23 heavy (non-hydrogen) atoms. The van der Waals surface area contributed by atoms with Gasteiger partial charge in [0.05, 0.1) is 20.1 Å². The van der Waals surface area contributed by atoms with Gasteiger partial charge >= 0.3 is 11.9 Å². The summed E-state index contributed by atoms with van der Waals surface area (Å²) in [5.41, 5.74) is 1.27.